The van der Waals surface area contributed by atoms with Crippen LogP contribution in [0, 0.1) is 0 Å². The summed E-state index contributed by atoms with van der Waals surface area (Å²) < 4.78 is 5.28. The average molecular weight is 645 g/mol. The van der Waals surface area contributed by atoms with Crippen LogP contribution in [0.4, 0.5) is 0 Å². The van der Waals surface area contributed by atoms with E-state index in [-0.39, 0.29) is 24.8 Å². The first-order valence-corrected chi connectivity index (χ1v) is 24.6. The summed E-state index contributed by atoms with van der Waals surface area (Å²) in [6.45, 7) is 7.13. The molecule has 0 nitrogen and oxygen atoms in total. The third-order valence-electron chi connectivity index (χ3n) is 8.95. The zero-order chi connectivity index (χ0) is 25.1. The topological polar surface area (TPSA) is 0 Å². The second kappa shape index (κ2) is 11.0. The fourth-order valence-corrected chi connectivity index (χ4v) is 35.4. The molecule has 0 bridgehead atoms. The zero-order valence-electron chi connectivity index (χ0n) is 22.8. The van der Waals surface area contributed by atoms with Gasteiger partial charge in [0.2, 0.25) is 0 Å². The van der Waals surface area contributed by atoms with Crippen molar-refractivity contribution in [1.82, 2.24) is 0 Å². The Morgan fingerprint density at radius 2 is 0.974 bits per heavy atom. The van der Waals surface area contributed by atoms with Gasteiger partial charge >= 0.3 is 227 Å². The Morgan fingerprint density at radius 3 is 1.44 bits per heavy atom. The van der Waals surface area contributed by atoms with Crippen LogP contribution < -0.4 is 3.27 Å². The summed E-state index contributed by atoms with van der Waals surface area (Å²) in [5.74, 6) is 0. The van der Waals surface area contributed by atoms with E-state index >= 15 is 0 Å². The summed E-state index contributed by atoms with van der Waals surface area (Å²) in [6, 6.07) is 39.5. The Labute approximate surface area is 250 Å². The molecule has 39 heavy (non-hydrogen) atoms. The number of halogens is 2. The minimum atomic E-state index is -3.35. The third kappa shape index (κ3) is 4.18. The molecule has 0 saturated heterocycles. The van der Waals surface area contributed by atoms with Gasteiger partial charge in [0.1, 0.15) is 0 Å². The quantitative estimate of drug-likeness (QED) is 0.172. The van der Waals surface area contributed by atoms with Gasteiger partial charge in [0.05, 0.1) is 0 Å². The predicted octanol–water partition coefficient (Wildman–Crippen LogP) is 8.72. The molecule has 0 aliphatic heterocycles. The third-order valence-corrected chi connectivity index (χ3v) is 35.2. The van der Waals surface area contributed by atoms with Crippen molar-refractivity contribution < 1.29 is 19.4 Å². The standard InChI is InChI=1S/2C14H11.C6H5.CH5Si.2ClH.Zr/c2*1-10-8-12-7-6-11-4-2-3-5-13(11)14(12)9-10;1-2-4-6-5-3-1;1-2;;;/h2*2-7H,8H2,1H3;1-5H;2H2,1H3;2*1H;. The van der Waals surface area contributed by atoms with Crippen LogP contribution in [0.2, 0.25) is 6.55 Å². The molecule has 0 spiro atoms. The second-order valence-corrected chi connectivity index (χ2v) is 31.5. The van der Waals surface area contributed by atoms with E-state index in [4.69, 9.17) is 0 Å². The first-order chi connectivity index (χ1) is 18.1. The van der Waals surface area contributed by atoms with Crippen LogP contribution in [-0.2, 0) is 32.3 Å². The Hall–Kier alpha value is -2.22. The molecule has 4 heteroatoms. The number of allylic oxidation sites excluding steroid dienone is 2. The maximum Gasteiger partial charge on any atom is -0.147 e. The smallest absolute Gasteiger partial charge is 0.147 e. The van der Waals surface area contributed by atoms with Crippen LogP contribution in [0.1, 0.15) is 36.1 Å². The van der Waals surface area contributed by atoms with Gasteiger partial charge in [-0.25, -0.2) is 0 Å². The largest absolute Gasteiger partial charge is 0.147 e. The molecule has 0 unspecified atom stereocenters. The van der Waals surface area contributed by atoms with Crippen molar-refractivity contribution in [3.8, 4) is 0 Å². The van der Waals surface area contributed by atoms with E-state index in [2.05, 4.69) is 124 Å². The van der Waals surface area contributed by atoms with Crippen molar-refractivity contribution >= 4 is 62.8 Å². The molecule has 0 atom stereocenters. The molecule has 5 aromatic carbocycles. The van der Waals surface area contributed by atoms with Gasteiger partial charge < -0.3 is 0 Å². The SMILES string of the molecule is C[SiH2][Zr]([C]1=C(C)Cc2ccc3ccccc3c21)([C]1=C(C)Cc2ccc3ccccc3c21)[c]1ccccc1.Cl.Cl. The van der Waals surface area contributed by atoms with Crippen molar-refractivity contribution in [1.29, 1.82) is 0 Å². The van der Waals surface area contributed by atoms with Crippen molar-refractivity contribution in [2.24, 2.45) is 0 Å². The summed E-state index contributed by atoms with van der Waals surface area (Å²) in [4.78, 5) is 0. The minimum Gasteiger partial charge on any atom is -0.147 e. The van der Waals surface area contributed by atoms with Crippen molar-refractivity contribution in [2.45, 2.75) is 33.2 Å². The van der Waals surface area contributed by atoms with Gasteiger partial charge in [-0.05, 0) is 0 Å². The Morgan fingerprint density at radius 1 is 0.538 bits per heavy atom. The monoisotopic (exact) mass is 642 g/mol. The van der Waals surface area contributed by atoms with Crippen molar-refractivity contribution in [3.05, 3.63) is 137 Å². The van der Waals surface area contributed by atoms with Gasteiger partial charge in [-0.2, -0.15) is 0 Å². The number of rotatable bonds is 4. The van der Waals surface area contributed by atoms with Crippen molar-refractivity contribution in [3.63, 3.8) is 0 Å². The molecule has 0 N–H and O–H groups in total. The summed E-state index contributed by atoms with van der Waals surface area (Å²) in [7, 11) is 0. The van der Waals surface area contributed by atoms with E-state index in [1.54, 1.807) is 43.2 Å². The molecular formula is C35H34Cl2SiZr. The number of hydrogen-bond acceptors (Lipinski definition) is 0. The maximum absolute atomic E-state index is 3.35. The normalized spacial score (nSPS) is 14.6. The molecule has 196 valence electrons. The number of hydrogen-bond donors (Lipinski definition) is 0. The van der Waals surface area contributed by atoms with E-state index in [1.807, 2.05) is 0 Å². The van der Waals surface area contributed by atoms with Crippen molar-refractivity contribution in [2.75, 3.05) is 0 Å². The van der Waals surface area contributed by atoms with Crippen LogP contribution in [-0.4, -0.2) is 6.65 Å². The van der Waals surface area contributed by atoms with Gasteiger partial charge in [-0.1, -0.05) is 0 Å². The van der Waals surface area contributed by atoms with Gasteiger partial charge in [0, 0.05) is 0 Å². The molecule has 0 radical (unpaired) electrons. The molecular weight excluding hydrogens is 611 g/mol. The molecule has 0 saturated carbocycles. The van der Waals surface area contributed by atoms with E-state index in [1.165, 1.54) is 21.5 Å². The van der Waals surface area contributed by atoms with Gasteiger partial charge in [0.25, 0.3) is 0 Å². The van der Waals surface area contributed by atoms with Gasteiger partial charge in [-0.15, -0.1) is 24.8 Å². The molecule has 2 aliphatic carbocycles. The van der Waals surface area contributed by atoms with Gasteiger partial charge in [-0.3, -0.25) is 0 Å². The Balaban J connectivity index is 0.00000154. The van der Waals surface area contributed by atoms with Crippen LogP contribution in [0.15, 0.2) is 114 Å². The van der Waals surface area contributed by atoms with Crippen LogP contribution in [0.3, 0.4) is 0 Å². The molecule has 0 aromatic heterocycles. The zero-order valence-corrected chi connectivity index (χ0v) is 28.3. The van der Waals surface area contributed by atoms with E-state index in [0.29, 0.717) is 0 Å². The van der Waals surface area contributed by atoms with E-state index < -0.39 is 26.1 Å². The molecule has 2 aliphatic rings. The van der Waals surface area contributed by atoms with Crippen LogP contribution in [0.25, 0.3) is 28.1 Å². The Bertz CT molecular complexity index is 1680. The number of fused-ring (bicyclic) bond motifs is 6. The molecule has 0 heterocycles. The fourth-order valence-electron chi connectivity index (χ4n) is 7.54. The average Bonchev–Trinajstić information content (AvgIpc) is 3.47. The maximum atomic E-state index is 2.63. The summed E-state index contributed by atoms with van der Waals surface area (Å²) >= 11 is -3.35. The minimum absolute atomic E-state index is 0. The van der Waals surface area contributed by atoms with Crippen LogP contribution >= 0.6 is 24.8 Å². The molecule has 0 amide bonds. The number of benzene rings is 5. The van der Waals surface area contributed by atoms with Gasteiger partial charge in [0.15, 0.2) is 0 Å². The van der Waals surface area contributed by atoms with Crippen LogP contribution in [0.5, 0.6) is 0 Å². The summed E-state index contributed by atoms with van der Waals surface area (Å²) in [5.41, 5.74) is 9.54. The molecule has 7 rings (SSSR count). The summed E-state index contributed by atoms with van der Waals surface area (Å²) in [5, 5.41) is 5.67. The fraction of sp³-hybridized carbons (Fsp3) is 0.143. The van der Waals surface area contributed by atoms with E-state index in [9.17, 15) is 0 Å². The molecule has 5 aromatic rings. The van der Waals surface area contributed by atoms with E-state index in [0.717, 1.165) is 12.8 Å². The second-order valence-electron chi connectivity index (χ2n) is 10.9. The first kappa shape index (κ1) is 28.3. The Kier molecular flexibility index (Phi) is 7.97. The molecule has 0 fully saturated rings. The summed E-state index contributed by atoms with van der Waals surface area (Å²) in [6.07, 6.45) is 2.20. The predicted molar refractivity (Wildman–Crippen MR) is 175 cm³/mol. The first-order valence-electron chi connectivity index (χ1n) is 13.6.